The van der Waals surface area contributed by atoms with Gasteiger partial charge in [0.1, 0.15) is 11.1 Å². The number of thiazole rings is 1. The monoisotopic (exact) mass is 457 g/mol. The van der Waals surface area contributed by atoms with Gasteiger partial charge in [-0.15, -0.1) is 11.3 Å². The van der Waals surface area contributed by atoms with Gasteiger partial charge in [-0.3, -0.25) is 0 Å². The van der Waals surface area contributed by atoms with Crippen LogP contribution in [-0.2, 0) is 0 Å². The SMILES string of the molecule is C=C1/C(=C\C=C2/CCC[C@]3(C)[C@@H]([C@H](C)CC[C@@H](O)c4nccs4)CC[C@@H]23)C[C@@H](O)C[C@@H]1O. The average Bonchev–Trinajstić information content (AvgIpc) is 3.41. The summed E-state index contributed by atoms with van der Waals surface area (Å²) in [4.78, 5) is 4.27. The van der Waals surface area contributed by atoms with Crippen molar-refractivity contribution in [3.8, 4) is 0 Å². The van der Waals surface area contributed by atoms with E-state index in [9.17, 15) is 15.3 Å². The number of hydrogen-bond acceptors (Lipinski definition) is 5. The summed E-state index contributed by atoms with van der Waals surface area (Å²) in [6.07, 6.45) is 13.6. The van der Waals surface area contributed by atoms with E-state index in [2.05, 4.69) is 37.6 Å². The normalized spacial score (nSPS) is 37.6. The number of nitrogens with zero attached hydrogens (tertiary/aromatic N) is 1. The molecule has 1 heterocycles. The maximum absolute atomic E-state index is 10.5. The van der Waals surface area contributed by atoms with Crippen LogP contribution in [0.4, 0.5) is 0 Å². The molecule has 0 aliphatic heterocycles. The van der Waals surface area contributed by atoms with Gasteiger partial charge in [-0.1, -0.05) is 38.2 Å². The first kappa shape index (κ1) is 23.9. The summed E-state index contributed by atoms with van der Waals surface area (Å²) in [6.45, 7) is 8.93. The fourth-order valence-electron chi connectivity index (χ4n) is 6.82. The lowest BCUT2D eigenvalue weighted by Gasteiger charge is -2.44. The van der Waals surface area contributed by atoms with Crippen molar-refractivity contribution in [1.82, 2.24) is 4.98 Å². The Hall–Kier alpha value is -1.27. The van der Waals surface area contributed by atoms with Crippen LogP contribution >= 0.6 is 11.3 Å². The second-order valence-corrected chi connectivity index (χ2v) is 11.5. The first-order chi connectivity index (χ1) is 15.3. The van der Waals surface area contributed by atoms with Crippen molar-refractivity contribution >= 4 is 11.3 Å². The number of rotatable bonds is 6. The molecule has 3 fully saturated rings. The minimum absolute atomic E-state index is 0.316. The highest BCUT2D eigenvalue weighted by atomic mass is 32.1. The van der Waals surface area contributed by atoms with E-state index >= 15 is 0 Å². The molecule has 7 atom stereocenters. The van der Waals surface area contributed by atoms with E-state index in [-0.39, 0.29) is 0 Å². The summed E-state index contributed by atoms with van der Waals surface area (Å²) in [6, 6.07) is 0. The van der Waals surface area contributed by atoms with Crippen molar-refractivity contribution in [3.05, 3.63) is 52.0 Å². The van der Waals surface area contributed by atoms with Crippen molar-refractivity contribution in [3.63, 3.8) is 0 Å². The molecule has 3 aliphatic carbocycles. The van der Waals surface area contributed by atoms with E-state index in [4.69, 9.17) is 0 Å². The van der Waals surface area contributed by atoms with Crippen molar-refractivity contribution in [2.75, 3.05) is 0 Å². The second kappa shape index (κ2) is 9.92. The Morgan fingerprint density at radius 3 is 2.84 bits per heavy atom. The third kappa shape index (κ3) is 4.82. The molecule has 0 amide bonds. The van der Waals surface area contributed by atoms with E-state index in [0.29, 0.717) is 36.0 Å². The summed E-state index contributed by atoms with van der Waals surface area (Å²) in [5, 5.41) is 33.5. The van der Waals surface area contributed by atoms with E-state index < -0.39 is 18.3 Å². The van der Waals surface area contributed by atoms with E-state index in [1.54, 1.807) is 6.20 Å². The number of allylic oxidation sites excluding steroid dienone is 3. The Morgan fingerprint density at radius 2 is 2.09 bits per heavy atom. The fraction of sp³-hybridized carbons (Fsp3) is 0.667. The van der Waals surface area contributed by atoms with Gasteiger partial charge < -0.3 is 15.3 Å². The molecule has 4 nitrogen and oxygen atoms in total. The second-order valence-electron chi connectivity index (χ2n) is 10.6. The van der Waals surface area contributed by atoms with Crippen molar-refractivity contribution in [2.45, 2.75) is 89.9 Å². The number of hydrogen-bond donors (Lipinski definition) is 3. The minimum atomic E-state index is -0.628. The molecule has 4 rings (SSSR count). The maximum atomic E-state index is 10.5. The number of aromatic nitrogens is 1. The molecule has 1 aromatic heterocycles. The molecule has 0 aromatic carbocycles. The molecule has 0 spiro atoms. The Kier molecular flexibility index (Phi) is 7.40. The summed E-state index contributed by atoms with van der Waals surface area (Å²) in [5.41, 5.74) is 3.61. The van der Waals surface area contributed by atoms with E-state index in [0.717, 1.165) is 35.4 Å². The number of aliphatic hydroxyl groups is 3. The van der Waals surface area contributed by atoms with Crippen molar-refractivity contribution < 1.29 is 15.3 Å². The van der Waals surface area contributed by atoms with Crippen LogP contribution in [0.25, 0.3) is 0 Å². The summed E-state index contributed by atoms with van der Waals surface area (Å²) in [7, 11) is 0. The van der Waals surface area contributed by atoms with Crippen molar-refractivity contribution in [2.24, 2.45) is 23.2 Å². The zero-order chi connectivity index (χ0) is 22.9. The van der Waals surface area contributed by atoms with Crippen molar-refractivity contribution in [1.29, 1.82) is 0 Å². The zero-order valence-electron chi connectivity index (χ0n) is 19.5. The van der Waals surface area contributed by atoms with Gasteiger partial charge in [0.15, 0.2) is 0 Å². The van der Waals surface area contributed by atoms with Gasteiger partial charge in [0.25, 0.3) is 0 Å². The lowest BCUT2D eigenvalue weighted by Crippen LogP contribution is -2.36. The molecule has 3 saturated carbocycles. The van der Waals surface area contributed by atoms with Crippen LogP contribution in [0.15, 0.2) is 47.0 Å². The Balaban J connectivity index is 1.44. The molecule has 1 aromatic rings. The summed E-state index contributed by atoms with van der Waals surface area (Å²) < 4.78 is 0. The molecule has 0 radical (unpaired) electrons. The molecule has 0 saturated heterocycles. The third-order valence-electron chi connectivity index (χ3n) is 8.62. The molecule has 176 valence electrons. The molecule has 3 aliphatic rings. The maximum Gasteiger partial charge on any atom is 0.121 e. The third-order valence-corrected chi connectivity index (χ3v) is 9.50. The Morgan fingerprint density at radius 1 is 1.28 bits per heavy atom. The highest BCUT2D eigenvalue weighted by Gasteiger charge is 2.50. The fourth-order valence-corrected chi connectivity index (χ4v) is 7.48. The van der Waals surface area contributed by atoms with Crippen LogP contribution in [-0.4, -0.2) is 32.5 Å². The molecule has 0 bridgehead atoms. The highest BCUT2D eigenvalue weighted by molar-refractivity contribution is 7.09. The molecule has 3 N–H and O–H groups in total. The van der Waals surface area contributed by atoms with Gasteiger partial charge in [0, 0.05) is 18.0 Å². The van der Waals surface area contributed by atoms with Crippen LogP contribution in [0.5, 0.6) is 0 Å². The van der Waals surface area contributed by atoms with Crippen LogP contribution < -0.4 is 0 Å². The lowest BCUT2D eigenvalue weighted by atomic mass is 9.60. The highest BCUT2D eigenvalue weighted by Crippen LogP contribution is 2.60. The Bertz CT molecular complexity index is 860. The molecule has 0 unspecified atom stereocenters. The van der Waals surface area contributed by atoms with E-state index in [1.807, 2.05) is 5.38 Å². The topological polar surface area (TPSA) is 73.6 Å². The number of aliphatic hydroxyl groups excluding tert-OH is 3. The molecule has 32 heavy (non-hydrogen) atoms. The standard InChI is InChI=1S/C27H39NO3S/c1-17(6-11-24(30)26-28-13-14-32-26)22-9-10-23-19(5-4-12-27(22,23)3)7-8-20-15-21(29)16-25(31)18(20)2/h7-8,13-14,17,21-25,29-31H,2,4-6,9-12,15-16H2,1,3H3/b19-7+,20-8-/t17-,21-,22-,23+,24-,25+,27-/m1/s1. The van der Waals surface area contributed by atoms with Gasteiger partial charge in [-0.2, -0.15) is 0 Å². The smallest absolute Gasteiger partial charge is 0.121 e. The summed E-state index contributed by atoms with van der Waals surface area (Å²) in [5.74, 6) is 1.87. The van der Waals surface area contributed by atoms with E-state index in [1.165, 1.54) is 42.6 Å². The first-order valence-electron chi connectivity index (χ1n) is 12.3. The summed E-state index contributed by atoms with van der Waals surface area (Å²) >= 11 is 1.54. The first-order valence-corrected chi connectivity index (χ1v) is 13.2. The minimum Gasteiger partial charge on any atom is -0.393 e. The lowest BCUT2D eigenvalue weighted by molar-refractivity contribution is 0.0823. The van der Waals surface area contributed by atoms with Gasteiger partial charge in [0.2, 0.25) is 0 Å². The van der Waals surface area contributed by atoms with Gasteiger partial charge in [0.05, 0.1) is 12.2 Å². The quantitative estimate of drug-likeness (QED) is 0.510. The van der Waals surface area contributed by atoms with Gasteiger partial charge in [-0.25, -0.2) is 4.98 Å². The Labute approximate surface area is 196 Å². The largest absolute Gasteiger partial charge is 0.393 e. The zero-order valence-corrected chi connectivity index (χ0v) is 20.4. The van der Waals surface area contributed by atoms with Crippen LogP contribution in [0.1, 0.15) is 82.7 Å². The molecular weight excluding hydrogens is 418 g/mol. The van der Waals surface area contributed by atoms with Gasteiger partial charge >= 0.3 is 0 Å². The predicted octanol–water partition coefficient (Wildman–Crippen LogP) is 5.73. The van der Waals surface area contributed by atoms with Crippen LogP contribution in [0.2, 0.25) is 0 Å². The van der Waals surface area contributed by atoms with Gasteiger partial charge in [-0.05, 0) is 85.7 Å². The average molecular weight is 458 g/mol. The molecular formula is C27H39NO3S. The van der Waals surface area contributed by atoms with Crippen LogP contribution in [0, 0.1) is 23.2 Å². The number of fused-ring (bicyclic) bond motifs is 1. The molecule has 5 heteroatoms. The predicted molar refractivity (Wildman–Crippen MR) is 130 cm³/mol. The van der Waals surface area contributed by atoms with Crippen LogP contribution in [0.3, 0.4) is 0 Å².